The lowest BCUT2D eigenvalue weighted by molar-refractivity contribution is -0.137. The van der Waals surface area contributed by atoms with Crippen molar-refractivity contribution >= 4 is 29.4 Å². The summed E-state index contributed by atoms with van der Waals surface area (Å²) < 4.78 is 41.7. The van der Waals surface area contributed by atoms with Crippen LogP contribution in [0.25, 0.3) is 0 Å². The molecule has 2 aromatic rings. The quantitative estimate of drug-likeness (QED) is 0.562. The van der Waals surface area contributed by atoms with Crippen LogP contribution in [0.15, 0.2) is 23.0 Å². The van der Waals surface area contributed by atoms with Crippen molar-refractivity contribution in [3.05, 3.63) is 56.0 Å². The van der Waals surface area contributed by atoms with E-state index in [9.17, 15) is 27.6 Å². The number of benzene rings is 1. The number of aromatic nitrogens is 2. The number of carbonyl (C=O) groups excluding carboxylic acids is 2. The van der Waals surface area contributed by atoms with Gasteiger partial charge in [0.05, 0.1) is 22.8 Å². The highest BCUT2D eigenvalue weighted by Crippen LogP contribution is 2.37. The molecule has 0 saturated heterocycles. The number of nitrogens with zero attached hydrogens (tertiary/aromatic N) is 3. The monoisotopic (exact) mass is 553 g/mol. The van der Waals surface area contributed by atoms with E-state index in [1.165, 1.54) is 11.0 Å². The molecule has 0 bridgehead atoms. The Morgan fingerprint density at radius 2 is 1.92 bits per heavy atom. The Kier molecular flexibility index (Phi) is 7.79. The van der Waals surface area contributed by atoms with Crippen LogP contribution in [0.4, 0.5) is 19.1 Å². The van der Waals surface area contributed by atoms with Crippen LogP contribution in [0.1, 0.15) is 60.8 Å². The first kappa shape index (κ1) is 27.9. The first-order valence-electron chi connectivity index (χ1n) is 12.6. The van der Waals surface area contributed by atoms with Crippen LogP contribution < -0.4 is 16.2 Å². The summed E-state index contributed by atoms with van der Waals surface area (Å²) in [5.74, 6) is -0.115. The number of alkyl halides is 3. The third-order valence-electron chi connectivity index (χ3n) is 7.19. The maximum absolute atomic E-state index is 13.6. The Bertz CT molecular complexity index is 1300. The third-order valence-corrected chi connectivity index (χ3v) is 7.52. The average molecular weight is 554 g/mol. The van der Waals surface area contributed by atoms with E-state index in [2.05, 4.69) is 10.6 Å². The van der Waals surface area contributed by atoms with E-state index in [0.717, 1.165) is 12.1 Å². The molecule has 1 fully saturated rings. The van der Waals surface area contributed by atoms with E-state index in [1.54, 1.807) is 18.5 Å². The second-order valence-corrected chi connectivity index (χ2v) is 10.8. The molecule has 1 saturated carbocycles. The lowest BCUT2D eigenvalue weighted by Crippen LogP contribution is -2.47. The fourth-order valence-electron chi connectivity index (χ4n) is 5.11. The Balaban J connectivity index is 1.63. The number of anilines is 1. The highest BCUT2D eigenvalue weighted by atomic mass is 35.5. The minimum atomic E-state index is -4.70. The Morgan fingerprint density at radius 3 is 2.53 bits per heavy atom. The number of carbonyl (C=O) groups is 2. The molecule has 2 aliphatic rings. The largest absolute Gasteiger partial charge is 0.417 e. The zero-order valence-electron chi connectivity index (χ0n) is 21.7. The summed E-state index contributed by atoms with van der Waals surface area (Å²) in [5, 5.41) is 5.39. The van der Waals surface area contributed by atoms with E-state index in [1.807, 2.05) is 13.8 Å². The van der Waals surface area contributed by atoms with Crippen molar-refractivity contribution in [3.8, 4) is 0 Å². The molecule has 8 nitrogen and oxygen atoms in total. The molecule has 12 heteroatoms. The number of rotatable bonds is 6. The molecule has 1 atom stereocenters. The van der Waals surface area contributed by atoms with Gasteiger partial charge in [0, 0.05) is 42.7 Å². The highest BCUT2D eigenvalue weighted by molar-refractivity contribution is 6.31. The van der Waals surface area contributed by atoms with Crippen LogP contribution in [0, 0.1) is 11.8 Å². The molecule has 1 aliphatic heterocycles. The topological polar surface area (TPSA) is 96.3 Å². The van der Waals surface area contributed by atoms with Gasteiger partial charge < -0.3 is 15.5 Å². The summed E-state index contributed by atoms with van der Waals surface area (Å²) in [5.41, 5.74) is -0.505. The van der Waals surface area contributed by atoms with Crippen molar-refractivity contribution < 1.29 is 22.8 Å². The zero-order chi connectivity index (χ0) is 27.9. The van der Waals surface area contributed by atoms with Gasteiger partial charge in [-0.25, -0.2) is 4.98 Å². The van der Waals surface area contributed by atoms with Gasteiger partial charge in [0.1, 0.15) is 0 Å². The average Bonchev–Trinajstić information content (AvgIpc) is 2.81. The number of fused-ring (bicyclic) bond motifs is 1. The van der Waals surface area contributed by atoms with Crippen molar-refractivity contribution in [1.82, 2.24) is 19.8 Å². The zero-order valence-corrected chi connectivity index (χ0v) is 22.4. The smallest absolute Gasteiger partial charge is 0.359 e. The summed E-state index contributed by atoms with van der Waals surface area (Å²) in [6.07, 6.45) is -3.10. The van der Waals surface area contributed by atoms with Gasteiger partial charge in [0.15, 0.2) is 0 Å². The predicted molar refractivity (Wildman–Crippen MR) is 137 cm³/mol. The molecule has 2 heterocycles. The van der Waals surface area contributed by atoms with Crippen LogP contribution in [-0.2, 0) is 30.5 Å². The molecule has 206 valence electrons. The number of halogens is 4. The minimum absolute atomic E-state index is 0.000633. The molecule has 0 radical (unpaired) electrons. The van der Waals surface area contributed by atoms with Gasteiger partial charge in [-0.1, -0.05) is 11.6 Å². The molecular weight excluding hydrogens is 523 g/mol. The summed E-state index contributed by atoms with van der Waals surface area (Å²) in [4.78, 5) is 44.9. The molecule has 1 aromatic carbocycles. The molecule has 38 heavy (non-hydrogen) atoms. The van der Waals surface area contributed by atoms with Gasteiger partial charge in [-0.05, 0) is 64.2 Å². The molecule has 0 unspecified atom stereocenters. The normalized spacial score (nSPS) is 21.1. The van der Waals surface area contributed by atoms with E-state index in [0.29, 0.717) is 36.6 Å². The molecule has 1 aromatic heterocycles. The fraction of sp³-hybridized carbons (Fsp3) is 0.538. The molecule has 0 spiro atoms. The van der Waals surface area contributed by atoms with Crippen molar-refractivity contribution in [2.24, 2.45) is 11.8 Å². The molecular formula is C26H31ClF3N5O3. The Hall–Kier alpha value is -3.08. The van der Waals surface area contributed by atoms with Gasteiger partial charge in [0.2, 0.25) is 11.9 Å². The van der Waals surface area contributed by atoms with E-state index >= 15 is 0 Å². The summed E-state index contributed by atoms with van der Waals surface area (Å²) in [6, 6.07) is 2.63. The van der Waals surface area contributed by atoms with Crippen LogP contribution in [0.3, 0.4) is 0 Å². The second kappa shape index (κ2) is 10.6. The van der Waals surface area contributed by atoms with Crippen LogP contribution in [0.5, 0.6) is 0 Å². The van der Waals surface area contributed by atoms with Crippen molar-refractivity contribution in [2.75, 3.05) is 12.4 Å². The standard InChI is InChI=1S/C26H31ClF3N5O3/c1-13(2)32-25-33-21-12-34(23(37)16-5-6-20(27)19(10-16)26(28,29)30)14(3)7-18(21)24(38)35(25)11-15-8-17(9-15)22(36)31-4/h5-6,10,13-15,17H,7-9,11-12H2,1-4H3,(H,31,36)(H,32,33)/t14-,15-,17+/m1/s1. The van der Waals surface area contributed by atoms with E-state index in [-0.39, 0.29) is 47.9 Å². The first-order valence-corrected chi connectivity index (χ1v) is 13.0. The number of hydrogen-bond donors (Lipinski definition) is 2. The van der Waals surface area contributed by atoms with Gasteiger partial charge in [-0.15, -0.1) is 0 Å². The Morgan fingerprint density at radius 1 is 1.24 bits per heavy atom. The highest BCUT2D eigenvalue weighted by Gasteiger charge is 2.38. The third kappa shape index (κ3) is 5.52. The van der Waals surface area contributed by atoms with Gasteiger partial charge >= 0.3 is 6.18 Å². The summed E-state index contributed by atoms with van der Waals surface area (Å²) >= 11 is 5.72. The lowest BCUT2D eigenvalue weighted by atomic mass is 9.74. The van der Waals surface area contributed by atoms with Crippen LogP contribution >= 0.6 is 11.6 Å². The minimum Gasteiger partial charge on any atom is -0.359 e. The maximum Gasteiger partial charge on any atom is 0.417 e. The SMILES string of the molecule is CNC(=O)[C@H]1C[C@@H](Cn2c(NC(C)C)nc3c(c2=O)C[C@@H](C)N(C(=O)c2ccc(Cl)c(C(F)(F)F)c2)C3)C1. The predicted octanol–water partition coefficient (Wildman–Crippen LogP) is 4.10. The number of amides is 2. The maximum atomic E-state index is 13.6. The van der Waals surface area contributed by atoms with Gasteiger partial charge in [-0.2, -0.15) is 13.2 Å². The van der Waals surface area contributed by atoms with Crippen molar-refractivity contribution in [3.63, 3.8) is 0 Å². The van der Waals surface area contributed by atoms with E-state index < -0.39 is 28.7 Å². The Labute approximate surface area is 223 Å². The summed E-state index contributed by atoms with van der Waals surface area (Å²) in [6.45, 7) is 5.99. The van der Waals surface area contributed by atoms with Crippen molar-refractivity contribution in [1.29, 1.82) is 0 Å². The van der Waals surface area contributed by atoms with Gasteiger partial charge in [0.25, 0.3) is 11.5 Å². The first-order chi connectivity index (χ1) is 17.8. The van der Waals surface area contributed by atoms with Crippen LogP contribution in [0.2, 0.25) is 5.02 Å². The lowest BCUT2D eigenvalue weighted by Gasteiger charge is -2.37. The number of nitrogens with one attached hydrogen (secondary N) is 2. The van der Waals surface area contributed by atoms with Crippen LogP contribution in [-0.4, -0.2) is 45.4 Å². The van der Waals surface area contributed by atoms with E-state index in [4.69, 9.17) is 16.6 Å². The number of hydrogen-bond acceptors (Lipinski definition) is 5. The molecule has 2 N–H and O–H groups in total. The summed E-state index contributed by atoms with van der Waals surface area (Å²) in [7, 11) is 1.61. The van der Waals surface area contributed by atoms with Crippen molar-refractivity contribution in [2.45, 2.75) is 71.4 Å². The molecule has 1 aliphatic carbocycles. The van der Waals surface area contributed by atoms with Gasteiger partial charge in [-0.3, -0.25) is 19.0 Å². The molecule has 4 rings (SSSR count). The fourth-order valence-corrected chi connectivity index (χ4v) is 5.33. The molecule has 2 amide bonds. The second-order valence-electron chi connectivity index (χ2n) is 10.4.